The summed E-state index contributed by atoms with van der Waals surface area (Å²) >= 11 is 0. The van der Waals surface area contributed by atoms with Crippen molar-refractivity contribution in [2.45, 2.75) is 53.4 Å². The normalized spacial score (nSPS) is 19.4. The maximum absolute atomic E-state index is 12.5. The zero-order chi connectivity index (χ0) is 15.9. The second kappa shape index (κ2) is 8.74. The van der Waals surface area contributed by atoms with Crippen molar-refractivity contribution in [1.29, 1.82) is 0 Å². The van der Waals surface area contributed by atoms with Crippen LogP contribution in [0.15, 0.2) is 0 Å². The molecule has 1 heterocycles. The number of carbonyl (C=O) groups is 1. The Morgan fingerprint density at radius 2 is 1.86 bits per heavy atom. The molecule has 0 aromatic rings. The lowest BCUT2D eigenvalue weighted by molar-refractivity contribution is -0.132. The van der Waals surface area contributed by atoms with E-state index < -0.39 is 0 Å². The van der Waals surface area contributed by atoms with Gasteiger partial charge in [0, 0.05) is 26.1 Å². The first-order chi connectivity index (χ1) is 9.84. The molecule has 0 radical (unpaired) electrons. The monoisotopic (exact) mass is 297 g/mol. The van der Waals surface area contributed by atoms with Crippen molar-refractivity contribution < 1.29 is 4.79 Å². The largest absolute Gasteiger partial charge is 0.341 e. The van der Waals surface area contributed by atoms with Crippen LogP contribution < -0.4 is 5.73 Å². The zero-order valence-electron chi connectivity index (χ0n) is 14.5. The van der Waals surface area contributed by atoms with Crippen molar-refractivity contribution in [2.75, 3.05) is 39.3 Å². The summed E-state index contributed by atoms with van der Waals surface area (Å²) in [5.74, 6) is 0.759. The van der Waals surface area contributed by atoms with Crippen LogP contribution >= 0.6 is 0 Å². The van der Waals surface area contributed by atoms with Crippen molar-refractivity contribution in [3.05, 3.63) is 0 Å². The zero-order valence-corrected chi connectivity index (χ0v) is 14.5. The minimum atomic E-state index is 0.204. The van der Waals surface area contributed by atoms with E-state index in [4.69, 9.17) is 5.73 Å². The van der Waals surface area contributed by atoms with Crippen LogP contribution in [0.4, 0.5) is 0 Å². The summed E-state index contributed by atoms with van der Waals surface area (Å²) in [5, 5.41) is 0. The number of unbranched alkanes of at least 4 members (excludes halogenated alkanes) is 1. The number of hydrogen-bond donors (Lipinski definition) is 1. The Hall–Kier alpha value is -0.610. The number of amides is 1. The van der Waals surface area contributed by atoms with Crippen molar-refractivity contribution in [1.82, 2.24) is 9.80 Å². The van der Waals surface area contributed by atoms with Gasteiger partial charge in [-0.05, 0) is 50.2 Å². The topological polar surface area (TPSA) is 49.6 Å². The molecule has 0 saturated carbocycles. The molecule has 0 aromatic carbocycles. The summed E-state index contributed by atoms with van der Waals surface area (Å²) in [7, 11) is 0. The molecule has 0 aromatic heterocycles. The van der Waals surface area contributed by atoms with Crippen LogP contribution in [-0.4, -0.2) is 55.0 Å². The summed E-state index contributed by atoms with van der Waals surface area (Å²) in [5.41, 5.74) is 5.75. The molecule has 0 aliphatic carbocycles. The number of carbonyl (C=O) groups excluding carboxylic acids is 1. The molecule has 1 aliphatic rings. The molecule has 2 N–H and O–H groups in total. The van der Waals surface area contributed by atoms with Gasteiger partial charge in [0.05, 0.1) is 0 Å². The molecule has 4 nitrogen and oxygen atoms in total. The molecule has 4 heteroatoms. The van der Waals surface area contributed by atoms with Crippen molar-refractivity contribution in [3.8, 4) is 0 Å². The summed E-state index contributed by atoms with van der Waals surface area (Å²) in [6.07, 6.45) is 4.04. The van der Waals surface area contributed by atoms with E-state index in [-0.39, 0.29) is 5.41 Å². The summed E-state index contributed by atoms with van der Waals surface area (Å²) in [6, 6.07) is 0. The van der Waals surface area contributed by atoms with Gasteiger partial charge in [0.2, 0.25) is 5.91 Å². The Balaban J connectivity index is 2.38. The van der Waals surface area contributed by atoms with Gasteiger partial charge in [-0.1, -0.05) is 27.7 Å². The molecule has 1 fully saturated rings. The van der Waals surface area contributed by atoms with Crippen LogP contribution in [0.25, 0.3) is 0 Å². The highest BCUT2D eigenvalue weighted by atomic mass is 16.2. The number of nitrogens with two attached hydrogens (primary N) is 1. The molecule has 0 bridgehead atoms. The van der Waals surface area contributed by atoms with E-state index in [0.29, 0.717) is 18.2 Å². The average molecular weight is 297 g/mol. The van der Waals surface area contributed by atoms with Crippen molar-refractivity contribution in [3.63, 3.8) is 0 Å². The van der Waals surface area contributed by atoms with Crippen LogP contribution in [-0.2, 0) is 4.79 Å². The smallest absolute Gasteiger partial charge is 0.222 e. The fourth-order valence-corrected chi connectivity index (χ4v) is 2.62. The predicted molar refractivity (Wildman–Crippen MR) is 89.2 cm³/mol. The molecule has 124 valence electrons. The SMILES string of the molecule is CC(CC(=O)N1CCCN(CCCCN)CC1)C(C)(C)C. The minimum absolute atomic E-state index is 0.204. The third-order valence-electron chi connectivity index (χ3n) is 4.83. The first-order valence-electron chi connectivity index (χ1n) is 8.54. The Bertz CT molecular complexity index is 312. The van der Waals surface area contributed by atoms with E-state index in [1.165, 1.54) is 6.42 Å². The highest BCUT2D eigenvalue weighted by molar-refractivity contribution is 5.76. The molecule has 21 heavy (non-hydrogen) atoms. The molecular weight excluding hydrogens is 262 g/mol. The lowest BCUT2D eigenvalue weighted by Crippen LogP contribution is -2.37. The average Bonchev–Trinajstić information content (AvgIpc) is 2.63. The number of rotatable bonds is 6. The van der Waals surface area contributed by atoms with Gasteiger partial charge in [-0.2, -0.15) is 0 Å². The van der Waals surface area contributed by atoms with Gasteiger partial charge < -0.3 is 15.5 Å². The fourth-order valence-electron chi connectivity index (χ4n) is 2.62. The second-order valence-electron chi connectivity index (χ2n) is 7.54. The van der Waals surface area contributed by atoms with E-state index in [2.05, 4.69) is 37.5 Å². The second-order valence-corrected chi connectivity index (χ2v) is 7.54. The van der Waals surface area contributed by atoms with Gasteiger partial charge in [0.15, 0.2) is 0 Å². The van der Waals surface area contributed by atoms with E-state index in [1.54, 1.807) is 0 Å². The molecule has 1 atom stereocenters. The van der Waals surface area contributed by atoms with Crippen LogP contribution in [0.1, 0.15) is 53.4 Å². The van der Waals surface area contributed by atoms with Crippen molar-refractivity contribution >= 4 is 5.91 Å². The molecule has 1 unspecified atom stereocenters. The predicted octanol–water partition coefficient (Wildman–Crippen LogP) is 2.33. The molecule has 1 saturated heterocycles. The van der Waals surface area contributed by atoms with E-state index in [1.807, 2.05) is 0 Å². The standard InChI is InChI=1S/C17H35N3O/c1-15(17(2,3)4)14-16(21)20-11-7-10-19(12-13-20)9-6-5-8-18/h15H,5-14,18H2,1-4H3. The van der Waals surface area contributed by atoms with Gasteiger partial charge in [0.1, 0.15) is 0 Å². The fraction of sp³-hybridized carbons (Fsp3) is 0.941. The van der Waals surface area contributed by atoms with Crippen molar-refractivity contribution in [2.24, 2.45) is 17.1 Å². The first-order valence-corrected chi connectivity index (χ1v) is 8.54. The van der Waals surface area contributed by atoms with Gasteiger partial charge in [-0.25, -0.2) is 0 Å². The molecule has 0 spiro atoms. The Kier molecular flexibility index (Phi) is 7.67. The summed E-state index contributed by atoms with van der Waals surface area (Å²) in [4.78, 5) is 17.0. The molecular formula is C17H35N3O. The quantitative estimate of drug-likeness (QED) is 0.766. The third kappa shape index (κ3) is 6.79. The van der Waals surface area contributed by atoms with Gasteiger partial charge >= 0.3 is 0 Å². The van der Waals surface area contributed by atoms with Crippen LogP contribution in [0.2, 0.25) is 0 Å². The third-order valence-corrected chi connectivity index (χ3v) is 4.83. The Labute approximate surface area is 131 Å². The van der Waals surface area contributed by atoms with Gasteiger partial charge in [-0.3, -0.25) is 4.79 Å². The van der Waals surface area contributed by atoms with Crippen LogP contribution in [0.5, 0.6) is 0 Å². The van der Waals surface area contributed by atoms with Crippen LogP contribution in [0, 0.1) is 11.3 Å². The maximum Gasteiger partial charge on any atom is 0.222 e. The van der Waals surface area contributed by atoms with Gasteiger partial charge in [-0.15, -0.1) is 0 Å². The highest BCUT2D eigenvalue weighted by Gasteiger charge is 2.26. The summed E-state index contributed by atoms with van der Waals surface area (Å²) in [6.45, 7) is 14.7. The summed E-state index contributed by atoms with van der Waals surface area (Å²) < 4.78 is 0. The van der Waals surface area contributed by atoms with Gasteiger partial charge in [0.25, 0.3) is 0 Å². The Morgan fingerprint density at radius 3 is 2.48 bits per heavy atom. The lowest BCUT2D eigenvalue weighted by Gasteiger charge is -2.29. The lowest BCUT2D eigenvalue weighted by atomic mass is 9.80. The minimum Gasteiger partial charge on any atom is -0.341 e. The Morgan fingerprint density at radius 1 is 1.14 bits per heavy atom. The van der Waals surface area contributed by atoms with E-state index in [9.17, 15) is 4.79 Å². The maximum atomic E-state index is 12.5. The number of nitrogens with zero attached hydrogens (tertiary/aromatic N) is 2. The highest BCUT2D eigenvalue weighted by Crippen LogP contribution is 2.28. The van der Waals surface area contributed by atoms with Crippen LogP contribution in [0.3, 0.4) is 0 Å². The molecule has 1 rings (SSSR count). The van der Waals surface area contributed by atoms with E-state index >= 15 is 0 Å². The molecule has 1 amide bonds. The number of hydrogen-bond acceptors (Lipinski definition) is 3. The molecule has 1 aliphatic heterocycles. The van der Waals surface area contributed by atoms with E-state index in [0.717, 1.165) is 52.1 Å². The first kappa shape index (κ1) is 18.4.